The van der Waals surface area contributed by atoms with Crippen molar-refractivity contribution in [2.24, 2.45) is 0 Å². The SMILES string of the molecule is CNCC=Cc1ccc2ncccc2c1. The Bertz CT molecular complexity index is 475. The summed E-state index contributed by atoms with van der Waals surface area (Å²) in [7, 11) is 1.94. The maximum atomic E-state index is 4.28. The molecule has 0 atom stereocenters. The third-order valence-corrected chi connectivity index (χ3v) is 2.26. The average molecular weight is 198 g/mol. The van der Waals surface area contributed by atoms with Crippen molar-refractivity contribution in [3.8, 4) is 0 Å². The highest BCUT2D eigenvalue weighted by molar-refractivity contribution is 5.80. The predicted molar refractivity (Wildman–Crippen MR) is 64.7 cm³/mol. The molecule has 0 radical (unpaired) electrons. The molecular weight excluding hydrogens is 184 g/mol. The Morgan fingerprint density at radius 3 is 3.13 bits per heavy atom. The van der Waals surface area contributed by atoms with E-state index in [-0.39, 0.29) is 0 Å². The minimum Gasteiger partial charge on any atom is -0.316 e. The van der Waals surface area contributed by atoms with Gasteiger partial charge < -0.3 is 5.32 Å². The molecular formula is C13H14N2. The first-order valence-corrected chi connectivity index (χ1v) is 5.06. The lowest BCUT2D eigenvalue weighted by Crippen LogP contribution is -2.03. The van der Waals surface area contributed by atoms with Crippen LogP contribution in [0, 0.1) is 0 Å². The van der Waals surface area contributed by atoms with Crippen LogP contribution >= 0.6 is 0 Å². The van der Waals surface area contributed by atoms with Crippen LogP contribution in [0.4, 0.5) is 0 Å². The molecule has 2 heteroatoms. The van der Waals surface area contributed by atoms with Gasteiger partial charge in [-0.3, -0.25) is 4.98 Å². The smallest absolute Gasteiger partial charge is 0.0702 e. The molecule has 2 nitrogen and oxygen atoms in total. The van der Waals surface area contributed by atoms with Crippen molar-refractivity contribution in [1.29, 1.82) is 0 Å². The fourth-order valence-electron chi connectivity index (χ4n) is 1.51. The molecule has 0 spiro atoms. The molecule has 0 saturated carbocycles. The number of nitrogens with zero attached hydrogens (tertiary/aromatic N) is 1. The zero-order valence-corrected chi connectivity index (χ0v) is 8.77. The van der Waals surface area contributed by atoms with Crippen LogP contribution in [0.2, 0.25) is 0 Å². The van der Waals surface area contributed by atoms with Gasteiger partial charge in [-0.2, -0.15) is 0 Å². The second kappa shape index (κ2) is 4.71. The lowest BCUT2D eigenvalue weighted by Gasteiger charge is -1.98. The topological polar surface area (TPSA) is 24.9 Å². The Balaban J connectivity index is 2.30. The van der Waals surface area contributed by atoms with E-state index in [1.165, 1.54) is 10.9 Å². The third kappa shape index (κ3) is 2.42. The molecule has 1 N–H and O–H groups in total. The van der Waals surface area contributed by atoms with Gasteiger partial charge in [0.25, 0.3) is 0 Å². The van der Waals surface area contributed by atoms with Crippen molar-refractivity contribution < 1.29 is 0 Å². The molecule has 0 amide bonds. The summed E-state index contributed by atoms with van der Waals surface area (Å²) in [6.45, 7) is 0.894. The number of likely N-dealkylation sites (N-methyl/N-ethyl adjacent to an activating group) is 1. The Kier molecular flexibility index (Phi) is 3.10. The van der Waals surface area contributed by atoms with Gasteiger partial charge in [-0.15, -0.1) is 0 Å². The molecule has 0 aliphatic carbocycles. The zero-order valence-electron chi connectivity index (χ0n) is 8.77. The molecule has 0 fully saturated rings. The first-order valence-electron chi connectivity index (χ1n) is 5.06. The molecule has 2 aromatic rings. The summed E-state index contributed by atoms with van der Waals surface area (Å²) < 4.78 is 0. The third-order valence-electron chi connectivity index (χ3n) is 2.26. The van der Waals surface area contributed by atoms with Gasteiger partial charge in [-0.1, -0.05) is 24.3 Å². The van der Waals surface area contributed by atoms with Gasteiger partial charge in [0.2, 0.25) is 0 Å². The molecule has 1 aromatic carbocycles. The number of hydrogen-bond acceptors (Lipinski definition) is 2. The van der Waals surface area contributed by atoms with Crippen LogP contribution in [-0.2, 0) is 0 Å². The number of benzene rings is 1. The summed E-state index contributed by atoms with van der Waals surface area (Å²) in [6, 6.07) is 10.3. The van der Waals surface area contributed by atoms with E-state index >= 15 is 0 Å². The second-order valence-corrected chi connectivity index (χ2v) is 3.42. The van der Waals surface area contributed by atoms with Crippen LogP contribution in [0.25, 0.3) is 17.0 Å². The van der Waals surface area contributed by atoms with Gasteiger partial charge in [-0.05, 0) is 30.8 Å². The number of nitrogens with one attached hydrogen (secondary N) is 1. The molecule has 0 aliphatic heterocycles. The molecule has 2 rings (SSSR count). The highest BCUT2D eigenvalue weighted by Gasteiger charge is 1.93. The number of pyridine rings is 1. The maximum Gasteiger partial charge on any atom is 0.0702 e. The van der Waals surface area contributed by atoms with Crippen molar-refractivity contribution in [3.05, 3.63) is 48.2 Å². The monoisotopic (exact) mass is 198 g/mol. The van der Waals surface area contributed by atoms with E-state index in [0.717, 1.165) is 12.1 Å². The fraction of sp³-hybridized carbons (Fsp3) is 0.154. The van der Waals surface area contributed by atoms with Gasteiger partial charge in [0.1, 0.15) is 0 Å². The fourth-order valence-corrected chi connectivity index (χ4v) is 1.51. The van der Waals surface area contributed by atoms with Crippen molar-refractivity contribution in [2.45, 2.75) is 0 Å². The standard InChI is InChI=1S/C13H14N2/c1-14-8-2-4-11-6-7-13-12(10-11)5-3-9-15-13/h2-7,9-10,14H,8H2,1H3. The van der Waals surface area contributed by atoms with Crippen molar-refractivity contribution >= 4 is 17.0 Å². The van der Waals surface area contributed by atoms with Crippen LogP contribution in [0.1, 0.15) is 5.56 Å². The van der Waals surface area contributed by atoms with Gasteiger partial charge in [0.15, 0.2) is 0 Å². The van der Waals surface area contributed by atoms with Crippen molar-refractivity contribution in [1.82, 2.24) is 10.3 Å². The van der Waals surface area contributed by atoms with E-state index in [0.29, 0.717) is 0 Å². The minimum absolute atomic E-state index is 0.894. The maximum absolute atomic E-state index is 4.28. The van der Waals surface area contributed by atoms with Gasteiger partial charge in [0.05, 0.1) is 5.52 Å². The van der Waals surface area contributed by atoms with E-state index < -0.39 is 0 Å². The first-order chi connectivity index (χ1) is 7.40. The van der Waals surface area contributed by atoms with Crippen LogP contribution in [0.3, 0.4) is 0 Å². The molecule has 15 heavy (non-hydrogen) atoms. The van der Waals surface area contributed by atoms with E-state index in [1.54, 1.807) is 0 Å². The molecule has 0 bridgehead atoms. The quantitative estimate of drug-likeness (QED) is 0.819. The number of aromatic nitrogens is 1. The lowest BCUT2D eigenvalue weighted by molar-refractivity contribution is 0.922. The Labute approximate surface area is 89.7 Å². The van der Waals surface area contributed by atoms with E-state index in [4.69, 9.17) is 0 Å². The van der Waals surface area contributed by atoms with Gasteiger partial charge in [0, 0.05) is 18.1 Å². The highest BCUT2D eigenvalue weighted by atomic mass is 14.8. The normalized spacial score (nSPS) is 11.3. The number of hydrogen-bond donors (Lipinski definition) is 1. The van der Waals surface area contributed by atoms with Crippen LogP contribution in [0.5, 0.6) is 0 Å². The van der Waals surface area contributed by atoms with E-state index in [1.807, 2.05) is 25.4 Å². The van der Waals surface area contributed by atoms with Crippen molar-refractivity contribution in [3.63, 3.8) is 0 Å². The molecule has 1 heterocycles. The zero-order chi connectivity index (χ0) is 10.5. The molecule has 0 unspecified atom stereocenters. The Morgan fingerprint density at radius 2 is 2.27 bits per heavy atom. The van der Waals surface area contributed by atoms with Crippen LogP contribution < -0.4 is 5.32 Å². The predicted octanol–water partition coefficient (Wildman–Crippen LogP) is 2.47. The highest BCUT2D eigenvalue weighted by Crippen LogP contribution is 2.13. The summed E-state index contributed by atoms with van der Waals surface area (Å²) in [5, 5.41) is 4.26. The summed E-state index contributed by atoms with van der Waals surface area (Å²) in [5.74, 6) is 0. The van der Waals surface area contributed by atoms with Crippen molar-refractivity contribution in [2.75, 3.05) is 13.6 Å². The summed E-state index contributed by atoms with van der Waals surface area (Å²) in [4.78, 5) is 4.28. The summed E-state index contributed by atoms with van der Waals surface area (Å²) in [5.41, 5.74) is 2.26. The average Bonchev–Trinajstić information content (AvgIpc) is 2.29. The lowest BCUT2D eigenvalue weighted by atomic mass is 10.1. The summed E-state index contributed by atoms with van der Waals surface area (Å²) >= 11 is 0. The number of fused-ring (bicyclic) bond motifs is 1. The van der Waals surface area contributed by atoms with Crippen LogP contribution in [0.15, 0.2) is 42.6 Å². The number of rotatable bonds is 3. The minimum atomic E-state index is 0.894. The van der Waals surface area contributed by atoms with E-state index in [9.17, 15) is 0 Å². The Morgan fingerprint density at radius 1 is 1.33 bits per heavy atom. The van der Waals surface area contributed by atoms with Gasteiger partial charge in [-0.25, -0.2) is 0 Å². The van der Waals surface area contributed by atoms with Gasteiger partial charge >= 0.3 is 0 Å². The Hall–Kier alpha value is -1.67. The molecule has 76 valence electrons. The van der Waals surface area contributed by atoms with E-state index in [2.05, 4.69) is 40.7 Å². The molecule has 0 aliphatic rings. The first kappa shape index (κ1) is 9.87. The molecule has 0 saturated heterocycles. The largest absolute Gasteiger partial charge is 0.316 e. The van der Waals surface area contributed by atoms with Crippen LogP contribution in [-0.4, -0.2) is 18.6 Å². The molecule has 1 aromatic heterocycles. The summed E-state index contributed by atoms with van der Waals surface area (Å²) in [6.07, 6.45) is 6.04. The second-order valence-electron chi connectivity index (χ2n) is 3.42.